The first-order valence-corrected chi connectivity index (χ1v) is 5.28. The van der Waals surface area contributed by atoms with Crippen LogP contribution in [0.1, 0.15) is 6.42 Å². The fourth-order valence-electron chi connectivity index (χ4n) is 2.15. The molecule has 2 aromatic rings. The minimum Gasteiger partial charge on any atom is -0.621 e. The number of aliphatic hydroxyl groups is 1. The van der Waals surface area contributed by atoms with Crippen molar-refractivity contribution in [2.24, 2.45) is 0 Å². The summed E-state index contributed by atoms with van der Waals surface area (Å²) in [5.41, 5.74) is 1.48. The van der Waals surface area contributed by atoms with Gasteiger partial charge in [-0.3, -0.25) is 0 Å². The average molecular weight is 302 g/mol. The average Bonchev–Trinajstić information content (AvgIpc) is 2.80. The Morgan fingerprint density at radius 3 is 2.76 bits per heavy atom. The quantitative estimate of drug-likeness (QED) is 0.598. The second kappa shape index (κ2) is 5.32. The van der Waals surface area contributed by atoms with E-state index in [0.29, 0.717) is 18.7 Å². The molecule has 2 N–H and O–H groups in total. The van der Waals surface area contributed by atoms with Crippen LogP contribution in [0.2, 0.25) is 0 Å². The van der Waals surface area contributed by atoms with Crippen LogP contribution in [0, 0.1) is 0 Å². The Bertz CT molecular complexity index is 577. The van der Waals surface area contributed by atoms with Crippen LogP contribution in [0.5, 0.6) is 5.88 Å². The molecule has 1 aromatic carbocycles. The second-order valence-electron chi connectivity index (χ2n) is 4.03. The summed E-state index contributed by atoms with van der Waals surface area (Å²) in [5.74, 6) is 0.0338. The molecule has 0 aliphatic carbocycles. The van der Waals surface area contributed by atoms with Gasteiger partial charge in [0.15, 0.2) is 6.54 Å². The molecule has 2 heterocycles. The maximum Gasteiger partial charge on any atom is 1.00 e. The summed E-state index contributed by atoms with van der Waals surface area (Å²) in [6.45, 7) is 0.517. The summed E-state index contributed by atoms with van der Waals surface area (Å²) < 4.78 is 1.87. The molecule has 1 aliphatic rings. The van der Waals surface area contributed by atoms with Crippen LogP contribution in [0.3, 0.4) is 0 Å². The Labute approximate surface area is 148 Å². The molecule has 0 saturated carbocycles. The van der Waals surface area contributed by atoms with E-state index in [0.717, 1.165) is 10.9 Å². The number of nitrogens with zero attached hydrogens (tertiary/aromatic N) is 2. The maximum atomic E-state index is 9.83. The predicted octanol–water partition coefficient (Wildman–Crippen LogP) is -2.01. The Balaban J connectivity index is 0.00000108. The SMILES string of the molecule is Oc1[n-]c2ccccc2c1[N+]1=CC[C@H](O)C1.[Rb+]. The summed E-state index contributed by atoms with van der Waals surface area (Å²) in [5, 5.41) is 20.2. The van der Waals surface area contributed by atoms with E-state index >= 15 is 0 Å². The van der Waals surface area contributed by atoms with Crippen LogP contribution in [-0.4, -0.2) is 33.7 Å². The first kappa shape index (κ1) is 13.4. The van der Waals surface area contributed by atoms with Crippen LogP contribution in [0.25, 0.3) is 10.9 Å². The van der Waals surface area contributed by atoms with Crippen LogP contribution in [-0.2, 0) is 0 Å². The zero-order valence-corrected chi connectivity index (χ0v) is 14.6. The molecule has 0 radical (unpaired) electrons. The fraction of sp³-hybridized carbons (Fsp3) is 0.250. The van der Waals surface area contributed by atoms with Gasteiger partial charge in [0.1, 0.15) is 12.3 Å². The van der Waals surface area contributed by atoms with E-state index in [1.165, 1.54) is 0 Å². The summed E-state index contributed by atoms with van der Waals surface area (Å²) in [7, 11) is 0. The molecule has 0 amide bonds. The van der Waals surface area contributed by atoms with Gasteiger partial charge in [-0.1, -0.05) is 18.2 Å². The monoisotopic (exact) mass is 301 g/mol. The molecule has 5 heteroatoms. The van der Waals surface area contributed by atoms with Crippen molar-refractivity contribution >= 4 is 22.8 Å². The fourth-order valence-corrected chi connectivity index (χ4v) is 2.15. The normalized spacial score (nSPS) is 19.1. The van der Waals surface area contributed by atoms with Gasteiger partial charge in [0.25, 0.3) is 0 Å². The first-order valence-electron chi connectivity index (χ1n) is 5.28. The maximum absolute atomic E-state index is 9.83. The predicted molar refractivity (Wildman–Crippen MR) is 60.4 cm³/mol. The van der Waals surface area contributed by atoms with E-state index in [4.69, 9.17) is 0 Å². The number of para-hydroxylation sites is 1. The van der Waals surface area contributed by atoms with Gasteiger partial charge < -0.3 is 15.2 Å². The summed E-state index contributed by atoms with van der Waals surface area (Å²) in [4.78, 5) is 4.09. The third-order valence-electron chi connectivity index (χ3n) is 2.89. The number of hydrogen-bond acceptors (Lipinski definition) is 2. The van der Waals surface area contributed by atoms with Crippen molar-refractivity contribution in [2.75, 3.05) is 6.54 Å². The molecule has 0 unspecified atom stereocenters. The van der Waals surface area contributed by atoms with Gasteiger partial charge in [0.2, 0.25) is 5.69 Å². The number of rotatable bonds is 1. The van der Waals surface area contributed by atoms with E-state index < -0.39 is 0 Å². The van der Waals surface area contributed by atoms with Crippen molar-refractivity contribution in [3.63, 3.8) is 0 Å². The second-order valence-corrected chi connectivity index (χ2v) is 4.03. The number of hydrogen-bond donors (Lipinski definition) is 2. The Morgan fingerprint density at radius 1 is 1.29 bits per heavy atom. The Hall–Kier alpha value is -0.00481. The van der Waals surface area contributed by atoms with Gasteiger partial charge in [0.05, 0.1) is 12.3 Å². The van der Waals surface area contributed by atoms with Crippen molar-refractivity contribution in [3.05, 3.63) is 24.3 Å². The van der Waals surface area contributed by atoms with Crippen LogP contribution in [0.4, 0.5) is 5.69 Å². The summed E-state index contributed by atoms with van der Waals surface area (Å²) in [6.07, 6.45) is 2.17. The van der Waals surface area contributed by atoms with E-state index in [-0.39, 0.29) is 70.2 Å². The van der Waals surface area contributed by atoms with Gasteiger partial charge in [-0.15, -0.1) is 5.52 Å². The van der Waals surface area contributed by atoms with Crippen molar-refractivity contribution in [1.29, 1.82) is 0 Å². The molecule has 82 valence electrons. The van der Waals surface area contributed by atoms with Crippen molar-refractivity contribution in [3.8, 4) is 5.88 Å². The number of benzene rings is 1. The van der Waals surface area contributed by atoms with Crippen molar-refractivity contribution < 1.29 is 73.0 Å². The Kier molecular flexibility index (Phi) is 4.20. The van der Waals surface area contributed by atoms with E-state index in [1.807, 2.05) is 35.1 Å². The van der Waals surface area contributed by atoms with Gasteiger partial charge in [-0.2, -0.15) is 4.58 Å². The van der Waals surface area contributed by atoms with Gasteiger partial charge in [-0.25, -0.2) is 0 Å². The molecule has 3 rings (SSSR count). The standard InChI is InChI=1S/C12H12N2O2.Rb/c15-8-5-6-14(7-8)11-9-3-1-2-4-10(9)13-12(11)16;/h1-4,6,8,15-16H,5,7H2;/q;+1/t8-;/m0./s1. The minimum absolute atomic E-state index is 0. The largest absolute Gasteiger partial charge is 1.00 e. The van der Waals surface area contributed by atoms with E-state index in [9.17, 15) is 10.2 Å². The van der Waals surface area contributed by atoms with E-state index in [1.54, 1.807) is 0 Å². The van der Waals surface area contributed by atoms with Crippen molar-refractivity contribution in [2.45, 2.75) is 12.5 Å². The number of β-amino-alcohol motifs (C(OH)–C–C–N with tert-alkyl or cyclic N) is 1. The van der Waals surface area contributed by atoms with Crippen molar-refractivity contribution in [1.82, 2.24) is 4.98 Å². The number of aromatic nitrogens is 1. The first-order chi connectivity index (χ1) is 7.75. The molecule has 1 aliphatic heterocycles. The zero-order valence-electron chi connectivity index (χ0n) is 9.67. The molecule has 1 aromatic heterocycles. The Morgan fingerprint density at radius 2 is 2.06 bits per heavy atom. The smallest absolute Gasteiger partial charge is 0.621 e. The molecule has 0 bridgehead atoms. The van der Waals surface area contributed by atoms with Gasteiger partial charge >= 0.3 is 58.2 Å². The number of fused-ring (bicyclic) bond motifs is 1. The molecular weight excluding hydrogens is 290 g/mol. The molecule has 0 saturated heterocycles. The number of aromatic hydroxyl groups is 1. The molecule has 0 fully saturated rings. The summed E-state index contributed by atoms with van der Waals surface area (Å²) in [6, 6.07) is 7.60. The topological polar surface area (TPSA) is 57.6 Å². The van der Waals surface area contributed by atoms with E-state index in [2.05, 4.69) is 4.98 Å². The minimum atomic E-state index is -0.354. The zero-order chi connectivity index (χ0) is 11.1. The molecule has 0 spiro atoms. The molecule has 17 heavy (non-hydrogen) atoms. The molecule has 1 atom stereocenters. The third kappa shape index (κ3) is 2.42. The third-order valence-corrected chi connectivity index (χ3v) is 2.89. The van der Waals surface area contributed by atoms with Gasteiger partial charge in [0, 0.05) is 5.39 Å². The van der Waals surface area contributed by atoms with Crippen LogP contribution >= 0.6 is 0 Å². The summed E-state index contributed by atoms with van der Waals surface area (Å²) >= 11 is 0. The molecule has 4 nitrogen and oxygen atoms in total. The molecular formula is C12H12N2O2Rb+. The van der Waals surface area contributed by atoms with Crippen LogP contribution < -0.4 is 63.2 Å². The number of aliphatic hydroxyl groups excluding tert-OH is 1. The van der Waals surface area contributed by atoms with Gasteiger partial charge in [-0.05, 0) is 6.07 Å². The van der Waals surface area contributed by atoms with Crippen LogP contribution in [0.15, 0.2) is 24.3 Å².